The van der Waals surface area contributed by atoms with Gasteiger partial charge in [-0.05, 0) is 18.9 Å². The number of anilines is 1. The van der Waals surface area contributed by atoms with Crippen molar-refractivity contribution < 1.29 is 4.21 Å². The summed E-state index contributed by atoms with van der Waals surface area (Å²) in [4.78, 5) is 8.36. The van der Waals surface area contributed by atoms with Gasteiger partial charge in [-0.1, -0.05) is 12.8 Å². The summed E-state index contributed by atoms with van der Waals surface area (Å²) in [6, 6.07) is 2.36. The highest BCUT2D eigenvalue weighted by molar-refractivity contribution is 7.84. The summed E-state index contributed by atoms with van der Waals surface area (Å²) in [6.07, 6.45) is 10.9. The highest BCUT2D eigenvalue weighted by Gasteiger charge is 2.17. The molecule has 2 rings (SSSR count). The molecule has 0 aliphatic heterocycles. The molecule has 19 heavy (non-hydrogen) atoms. The van der Waals surface area contributed by atoms with Crippen molar-refractivity contribution >= 4 is 22.7 Å². The molecule has 1 fully saturated rings. The third-order valence-corrected chi connectivity index (χ3v) is 3.80. The minimum Gasteiger partial charge on any atom is -0.367 e. The summed E-state index contributed by atoms with van der Waals surface area (Å²) in [7, 11) is -1.21. The molecule has 1 unspecified atom stereocenters. The maximum absolute atomic E-state index is 11.4. The van der Waals surface area contributed by atoms with E-state index in [2.05, 4.69) is 15.3 Å². The molecule has 1 aliphatic carbocycles. The molecule has 1 atom stereocenters. The lowest BCUT2D eigenvalue weighted by Crippen LogP contribution is -2.17. The van der Waals surface area contributed by atoms with Gasteiger partial charge in [0.15, 0.2) is 0 Å². The van der Waals surface area contributed by atoms with Crippen LogP contribution in [-0.4, -0.2) is 26.5 Å². The van der Waals surface area contributed by atoms with Gasteiger partial charge in [0.25, 0.3) is 0 Å². The van der Waals surface area contributed by atoms with Gasteiger partial charge in [0.1, 0.15) is 5.82 Å². The molecule has 6 heteroatoms. The molecule has 0 bridgehead atoms. The lowest BCUT2D eigenvalue weighted by molar-refractivity contribution is 0.678. The van der Waals surface area contributed by atoms with Crippen LogP contribution in [0.1, 0.15) is 31.2 Å². The second-order valence-electron chi connectivity index (χ2n) is 4.50. The predicted molar refractivity (Wildman–Crippen MR) is 74.9 cm³/mol. The monoisotopic (exact) mass is 276 g/mol. The van der Waals surface area contributed by atoms with Crippen LogP contribution in [0.25, 0.3) is 6.08 Å². The van der Waals surface area contributed by atoms with Gasteiger partial charge in [-0.15, -0.1) is 0 Å². The van der Waals surface area contributed by atoms with Crippen molar-refractivity contribution in [3.63, 3.8) is 0 Å². The number of rotatable bonds is 4. The van der Waals surface area contributed by atoms with Gasteiger partial charge < -0.3 is 5.32 Å². The number of nitrogens with zero attached hydrogens (tertiary/aromatic N) is 3. The Morgan fingerprint density at radius 1 is 1.53 bits per heavy atom. The van der Waals surface area contributed by atoms with Crippen molar-refractivity contribution in [2.24, 2.45) is 0 Å². The Labute approximate surface area is 115 Å². The van der Waals surface area contributed by atoms with Crippen LogP contribution in [0.5, 0.6) is 0 Å². The maximum atomic E-state index is 11.4. The number of allylic oxidation sites excluding steroid dienone is 1. The zero-order valence-corrected chi connectivity index (χ0v) is 11.6. The van der Waals surface area contributed by atoms with E-state index in [1.165, 1.54) is 18.9 Å². The van der Waals surface area contributed by atoms with E-state index < -0.39 is 10.8 Å². The number of nitrogens with one attached hydrogen (secondary N) is 1. The van der Waals surface area contributed by atoms with Crippen LogP contribution in [0.2, 0.25) is 0 Å². The summed E-state index contributed by atoms with van der Waals surface area (Å²) >= 11 is 0. The molecule has 0 amide bonds. The van der Waals surface area contributed by atoms with Gasteiger partial charge in [0.2, 0.25) is 5.16 Å². The highest BCUT2D eigenvalue weighted by Crippen LogP contribution is 2.24. The summed E-state index contributed by atoms with van der Waals surface area (Å²) in [5.41, 5.74) is 0.752. The number of hydrogen-bond acceptors (Lipinski definition) is 5. The average Bonchev–Trinajstić information content (AvgIpc) is 2.90. The van der Waals surface area contributed by atoms with Crippen LogP contribution in [0.3, 0.4) is 0 Å². The Morgan fingerprint density at radius 3 is 2.89 bits per heavy atom. The Balaban J connectivity index is 2.29. The maximum Gasteiger partial charge on any atom is 0.220 e. The molecule has 1 aromatic heterocycles. The predicted octanol–water partition coefficient (Wildman–Crippen LogP) is 2.11. The van der Waals surface area contributed by atoms with Crippen molar-refractivity contribution in [3.8, 4) is 6.07 Å². The van der Waals surface area contributed by atoms with Crippen LogP contribution in [0, 0.1) is 11.3 Å². The van der Waals surface area contributed by atoms with Crippen LogP contribution < -0.4 is 5.32 Å². The third kappa shape index (κ3) is 3.61. The van der Waals surface area contributed by atoms with E-state index in [1.54, 1.807) is 18.5 Å². The molecule has 0 aromatic carbocycles. The van der Waals surface area contributed by atoms with Crippen molar-refractivity contribution in [1.29, 1.82) is 5.26 Å². The van der Waals surface area contributed by atoms with E-state index in [-0.39, 0.29) is 0 Å². The fraction of sp³-hybridized carbons (Fsp3) is 0.462. The van der Waals surface area contributed by atoms with Crippen LogP contribution >= 0.6 is 0 Å². The van der Waals surface area contributed by atoms with Gasteiger partial charge >= 0.3 is 0 Å². The highest BCUT2D eigenvalue weighted by atomic mass is 32.2. The molecule has 1 heterocycles. The summed E-state index contributed by atoms with van der Waals surface area (Å²) in [6.45, 7) is 0. The average molecular weight is 276 g/mol. The van der Waals surface area contributed by atoms with Crippen LogP contribution in [0.4, 0.5) is 5.82 Å². The lowest BCUT2D eigenvalue weighted by atomic mass is 10.2. The van der Waals surface area contributed by atoms with Gasteiger partial charge in [0, 0.05) is 30.1 Å². The molecule has 0 spiro atoms. The van der Waals surface area contributed by atoms with Crippen molar-refractivity contribution in [1.82, 2.24) is 9.97 Å². The zero-order valence-electron chi connectivity index (χ0n) is 10.8. The summed E-state index contributed by atoms with van der Waals surface area (Å²) in [5, 5.41) is 12.3. The Hall–Kier alpha value is -1.74. The molecule has 0 radical (unpaired) electrons. The molecule has 0 saturated heterocycles. The quantitative estimate of drug-likeness (QED) is 0.673. The van der Waals surface area contributed by atoms with Gasteiger partial charge in [-0.2, -0.15) is 5.26 Å². The fourth-order valence-electron chi connectivity index (χ4n) is 2.14. The molecule has 5 nitrogen and oxygen atoms in total. The summed E-state index contributed by atoms with van der Waals surface area (Å²) in [5.74, 6) is 0.665. The number of aromatic nitrogens is 2. The SMILES string of the molecule is CS(=O)c1ncc(/C=C/C#N)c(NC2CCCC2)n1. The van der Waals surface area contributed by atoms with E-state index in [4.69, 9.17) is 5.26 Å². The number of hydrogen-bond donors (Lipinski definition) is 1. The van der Waals surface area contributed by atoms with Crippen LogP contribution in [0.15, 0.2) is 17.4 Å². The molecule has 1 aliphatic rings. The van der Waals surface area contributed by atoms with Gasteiger partial charge in [0.05, 0.1) is 16.9 Å². The van der Waals surface area contributed by atoms with E-state index in [9.17, 15) is 4.21 Å². The minimum atomic E-state index is -1.21. The molecule has 100 valence electrons. The topological polar surface area (TPSA) is 78.7 Å². The minimum absolute atomic E-state index is 0.314. The molecule has 1 N–H and O–H groups in total. The Kier molecular flexibility index (Phi) is 4.63. The van der Waals surface area contributed by atoms with Crippen molar-refractivity contribution in [3.05, 3.63) is 17.8 Å². The lowest BCUT2D eigenvalue weighted by Gasteiger charge is -2.14. The fourth-order valence-corrected chi connectivity index (χ4v) is 2.56. The van der Waals surface area contributed by atoms with Crippen molar-refractivity contribution in [2.75, 3.05) is 11.6 Å². The summed E-state index contributed by atoms with van der Waals surface area (Å²) < 4.78 is 11.4. The molecular formula is C13H16N4OS. The van der Waals surface area contributed by atoms with E-state index >= 15 is 0 Å². The largest absolute Gasteiger partial charge is 0.367 e. The molecule has 1 saturated carbocycles. The second-order valence-corrected chi connectivity index (χ2v) is 5.77. The smallest absolute Gasteiger partial charge is 0.220 e. The Bertz CT molecular complexity index is 544. The third-order valence-electron chi connectivity index (χ3n) is 3.09. The van der Waals surface area contributed by atoms with E-state index in [0.717, 1.165) is 18.4 Å². The van der Waals surface area contributed by atoms with Crippen LogP contribution in [-0.2, 0) is 10.8 Å². The molecular weight excluding hydrogens is 260 g/mol. The first-order chi connectivity index (χ1) is 9.20. The first kappa shape index (κ1) is 13.7. The van der Waals surface area contributed by atoms with Gasteiger partial charge in [-0.3, -0.25) is 4.21 Å². The molecule has 1 aromatic rings. The van der Waals surface area contributed by atoms with Gasteiger partial charge in [-0.25, -0.2) is 9.97 Å². The Morgan fingerprint density at radius 2 is 2.26 bits per heavy atom. The first-order valence-electron chi connectivity index (χ1n) is 6.24. The van der Waals surface area contributed by atoms with E-state index in [1.807, 2.05) is 6.07 Å². The standard InChI is InChI=1S/C13H16N4OS/c1-19(18)13-15-9-10(5-4-8-14)12(17-13)16-11-6-2-3-7-11/h4-5,9,11H,2-3,6-7H2,1H3,(H,15,16,17)/b5-4+. The normalized spacial score (nSPS) is 17.5. The first-order valence-corrected chi connectivity index (χ1v) is 7.79. The van der Waals surface area contributed by atoms with Crippen molar-refractivity contribution in [2.45, 2.75) is 36.9 Å². The zero-order chi connectivity index (χ0) is 13.7. The number of nitriles is 1. The second kappa shape index (κ2) is 6.43. The van der Waals surface area contributed by atoms with E-state index in [0.29, 0.717) is 17.0 Å².